The number of rotatable bonds is 4. The number of pyridine rings is 1. The van der Waals surface area contributed by atoms with Crippen molar-refractivity contribution in [2.45, 2.75) is 6.54 Å². The van der Waals surface area contributed by atoms with Gasteiger partial charge in [-0.25, -0.2) is 28.4 Å². The van der Waals surface area contributed by atoms with Gasteiger partial charge in [-0.1, -0.05) is 18.2 Å². The zero-order chi connectivity index (χ0) is 23.1. The highest BCUT2D eigenvalue weighted by atomic mass is 19.1. The van der Waals surface area contributed by atoms with Crippen molar-refractivity contribution in [2.75, 3.05) is 36.1 Å². The largest absolute Gasteiger partial charge is 0.382 e. The molecular formula is C21H18F2N8O2. The third-order valence-electron chi connectivity index (χ3n) is 5.24. The molecule has 1 aromatic carbocycles. The van der Waals surface area contributed by atoms with Gasteiger partial charge < -0.3 is 21.1 Å². The average Bonchev–Trinajstić information content (AvgIpc) is 3.13. The number of nitrogens with two attached hydrogens (primary N) is 2. The van der Waals surface area contributed by atoms with E-state index in [4.69, 9.17) is 16.2 Å². The van der Waals surface area contributed by atoms with Crippen molar-refractivity contribution < 1.29 is 18.3 Å². The third-order valence-corrected chi connectivity index (χ3v) is 5.24. The smallest absolute Gasteiger partial charge is 0.253 e. The molecule has 0 aliphatic carbocycles. The van der Waals surface area contributed by atoms with Gasteiger partial charge in [-0.2, -0.15) is 5.10 Å². The van der Waals surface area contributed by atoms with Crippen LogP contribution in [0.15, 0.2) is 36.5 Å². The van der Waals surface area contributed by atoms with Crippen molar-refractivity contribution in [2.24, 2.45) is 0 Å². The number of carbonyl (C=O) groups excluding carboxylic acids is 1. The number of nitrogens with zero attached hydrogens (tertiary/aromatic N) is 6. The standard InChI is InChI=1S/C21H18F2N8O2/c22-12-7-13-16(29-31(21(13)26-8-12)9-11-3-1-2-4-14(11)23)20-27-18(24)17(19(25)28-20)30-5-6-33-10-15(30)32/h1-4,7-8H,5-6,9-10H2,(H4,24,25,27,28). The summed E-state index contributed by atoms with van der Waals surface area (Å²) in [4.78, 5) is 26.3. The van der Waals surface area contributed by atoms with Crippen LogP contribution in [0.25, 0.3) is 22.6 Å². The summed E-state index contributed by atoms with van der Waals surface area (Å²) in [6, 6.07) is 7.48. The zero-order valence-electron chi connectivity index (χ0n) is 17.2. The van der Waals surface area contributed by atoms with Gasteiger partial charge in [0.2, 0.25) is 0 Å². The normalized spacial score (nSPS) is 14.2. The third kappa shape index (κ3) is 3.69. The molecule has 33 heavy (non-hydrogen) atoms. The quantitative estimate of drug-likeness (QED) is 0.478. The van der Waals surface area contributed by atoms with Gasteiger partial charge in [0.1, 0.15) is 29.6 Å². The summed E-state index contributed by atoms with van der Waals surface area (Å²) in [6.45, 7) is 0.525. The van der Waals surface area contributed by atoms with Crippen molar-refractivity contribution in [3.8, 4) is 11.5 Å². The fraction of sp³-hybridized carbons (Fsp3) is 0.190. The maximum absolute atomic E-state index is 14.2. The maximum Gasteiger partial charge on any atom is 0.253 e. The Bertz CT molecular complexity index is 1370. The number of nitrogen functional groups attached to an aromatic ring is 2. The summed E-state index contributed by atoms with van der Waals surface area (Å²) in [6.07, 6.45) is 1.04. The van der Waals surface area contributed by atoms with Gasteiger partial charge in [0.15, 0.2) is 23.1 Å². The van der Waals surface area contributed by atoms with Crippen LogP contribution >= 0.6 is 0 Å². The minimum atomic E-state index is -0.592. The van der Waals surface area contributed by atoms with E-state index in [2.05, 4.69) is 20.1 Å². The van der Waals surface area contributed by atoms with Crippen LogP contribution in [-0.4, -0.2) is 50.4 Å². The Morgan fingerprint density at radius 3 is 2.61 bits per heavy atom. The Kier molecular flexibility index (Phi) is 5.05. The Labute approximate surface area is 185 Å². The van der Waals surface area contributed by atoms with Gasteiger partial charge in [0.05, 0.1) is 24.7 Å². The number of hydrogen-bond acceptors (Lipinski definition) is 8. The van der Waals surface area contributed by atoms with Crippen molar-refractivity contribution in [3.63, 3.8) is 0 Å². The van der Waals surface area contributed by atoms with E-state index in [0.29, 0.717) is 23.2 Å². The highest BCUT2D eigenvalue weighted by Gasteiger charge is 2.27. The van der Waals surface area contributed by atoms with E-state index in [0.717, 1.165) is 6.20 Å². The van der Waals surface area contributed by atoms with Crippen LogP contribution in [0.3, 0.4) is 0 Å². The molecule has 1 aliphatic heterocycles. The van der Waals surface area contributed by atoms with Gasteiger partial charge in [0, 0.05) is 12.1 Å². The van der Waals surface area contributed by atoms with E-state index in [1.165, 1.54) is 21.7 Å². The Morgan fingerprint density at radius 2 is 1.88 bits per heavy atom. The number of aromatic nitrogens is 5. The average molecular weight is 452 g/mol. The molecule has 10 nitrogen and oxygen atoms in total. The van der Waals surface area contributed by atoms with E-state index >= 15 is 0 Å². The summed E-state index contributed by atoms with van der Waals surface area (Å²) in [5, 5.41) is 4.77. The fourth-order valence-corrected chi connectivity index (χ4v) is 3.72. The summed E-state index contributed by atoms with van der Waals surface area (Å²) in [5.41, 5.74) is 13.3. The second-order valence-electron chi connectivity index (χ2n) is 7.39. The number of benzene rings is 1. The molecule has 3 aromatic heterocycles. The summed E-state index contributed by atoms with van der Waals surface area (Å²) >= 11 is 0. The van der Waals surface area contributed by atoms with Crippen LogP contribution in [0.5, 0.6) is 0 Å². The lowest BCUT2D eigenvalue weighted by atomic mass is 10.2. The molecule has 1 saturated heterocycles. The number of halogens is 2. The van der Waals surface area contributed by atoms with Crippen molar-refractivity contribution >= 4 is 34.3 Å². The molecule has 0 unspecified atom stereocenters. The summed E-state index contributed by atoms with van der Waals surface area (Å²) in [5.74, 6) is -1.36. The monoisotopic (exact) mass is 452 g/mol. The second-order valence-corrected chi connectivity index (χ2v) is 7.39. The van der Waals surface area contributed by atoms with Gasteiger partial charge >= 0.3 is 0 Å². The maximum atomic E-state index is 14.2. The van der Waals surface area contributed by atoms with E-state index in [1.807, 2.05) is 0 Å². The first-order valence-electron chi connectivity index (χ1n) is 9.99. The summed E-state index contributed by atoms with van der Waals surface area (Å²) in [7, 11) is 0. The van der Waals surface area contributed by atoms with Crippen molar-refractivity contribution in [1.82, 2.24) is 24.7 Å². The molecule has 0 radical (unpaired) electrons. The van der Waals surface area contributed by atoms with Crippen LogP contribution in [0.1, 0.15) is 5.56 Å². The molecule has 4 heterocycles. The van der Waals surface area contributed by atoms with Crippen LogP contribution in [0, 0.1) is 11.6 Å². The van der Waals surface area contributed by atoms with Gasteiger partial charge in [0.25, 0.3) is 5.91 Å². The van der Waals surface area contributed by atoms with Crippen molar-refractivity contribution in [1.29, 1.82) is 0 Å². The number of fused-ring (bicyclic) bond motifs is 1. The topological polar surface area (TPSA) is 138 Å². The predicted molar refractivity (Wildman–Crippen MR) is 116 cm³/mol. The van der Waals surface area contributed by atoms with E-state index < -0.39 is 11.6 Å². The molecule has 1 fully saturated rings. The van der Waals surface area contributed by atoms with E-state index in [-0.39, 0.29) is 54.4 Å². The number of hydrogen-bond donors (Lipinski definition) is 2. The molecule has 4 N–H and O–H groups in total. The summed E-state index contributed by atoms with van der Waals surface area (Å²) < 4.78 is 34.8. The molecular weight excluding hydrogens is 434 g/mol. The van der Waals surface area contributed by atoms with Gasteiger partial charge in [-0.05, 0) is 12.1 Å². The fourth-order valence-electron chi connectivity index (χ4n) is 3.72. The minimum Gasteiger partial charge on any atom is -0.382 e. The first-order valence-corrected chi connectivity index (χ1v) is 9.99. The van der Waals surface area contributed by atoms with E-state index in [1.54, 1.807) is 18.2 Å². The lowest BCUT2D eigenvalue weighted by molar-refractivity contribution is -0.125. The Morgan fingerprint density at radius 1 is 1.12 bits per heavy atom. The second kappa shape index (κ2) is 8.06. The number of carbonyl (C=O) groups is 1. The molecule has 12 heteroatoms. The molecule has 0 bridgehead atoms. The first-order chi connectivity index (χ1) is 15.9. The first kappa shape index (κ1) is 20.7. The number of ether oxygens (including phenoxy) is 1. The molecule has 0 saturated carbocycles. The predicted octanol–water partition coefficient (Wildman–Crippen LogP) is 1.74. The highest BCUT2D eigenvalue weighted by molar-refractivity contribution is 6.00. The molecule has 1 amide bonds. The molecule has 0 spiro atoms. The molecule has 0 atom stereocenters. The van der Waals surface area contributed by atoms with Crippen molar-refractivity contribution in [3.05, 3.63) is 53.7 Å². The zero-order valence-corrected chi connectivity index (χ0v) is 17.2. The van der Waals surface area contributed by atoms with E-state index in [9.17, 15) is 13.6 Å². The molecule has 1 aliphatic rings. The number of morpholine rings is 1. The SMILES string of the molecule is Nc1nc(-c2nn(Cc3ccccc3F)c3ncc(F)cc23)nc(N)c1N1CCOCC1=O. The number of amides is 1. The van der Waals surface area contributed by atoms with Crippen LogP contribution in [-0.2, 0) is 16.1 Å². The van der Waals surface area contributed by atoms with Crippen LogP contribution < -0.4 is 16.4 Å². The molecule has 168 valence electrons. The highest BCUT2D eigenvalue weighted by Crippen LogP contribution is 2.33. The van der Waals surface area contributed by atoms with Gasteiger partial charge in [-0.3, -0.25) is 4.79 Å². The Balaban J connectivity index is 1.62. The Hall–Kier alpha value is -4.19. The lowest BCUT2D eigenvalue weighted by Gasteiger charge is -2.28. The molecule has 4 aromatic rings. The lowest BCUT2D eigenvalue weighted by Crippen LogP contribution is -2.42. The van der Waals surface area contributed by atoms with Gasteiger partial charge in [-0.15, -0.1) is 0 Å². The van der Waals surface area contributed by atoms with Crippen LogP contribution in [0.4, 0.5) is 26.1 Å². The minimum absolute atomic E-state index is 0.0270. The van der Waals surface area contributed by atoms with Crippen LogP contribution in [0.2, 0.25) is 0 Å². The molecule has 5 rings (SSSR count). The number of anilines is 3.